The second kappa shape index (κ2) is 5.53. The molecule has 0 N–H and O–H groups in total. The summed E-state index contributed by atoms with van der Waals surface area (Å²) >= 11 is 0. The van der Waals surface area contributed by atoms with Crippen LogP contribution >= 0.6 is 0 Å². The highest BCUT2D eigenvalue weighted by Crippen LogP contribution is 2.54. The molecule has 1 heterocycles. The summed E-state index contributed by atoms with van der Waals surface area (Å²) < 4.78 is 11.9. The molecule has 0 bridgehead atoms. The van der Waals surface area contributed by atoms with Gasteiger partial charge >= 0.3 is 0 Å². The first-order valence-corrected chi connectivity index (χ1v) is 7.66. The highest BCUT2D eigenvalue weighted by atomic mass is 16.7. The van der Waals surface area contributed by atoms with Gasteiger partial charge in [0.1, 0.15) is 5.78 Å². The topological polar surface area (TPSA) is 35.5 Å². The summed E-state index contributed by atoms with van der Waals surface area (Å²) in [7, 11) is 0. The van der Waals surface area contributed by atoms with Gasteiger partial charge < -0.3 is 9.47 Å². The van der Waals surface area contributed by atoms with Crippen LogP contribution in [-0.2, 0) is 14.3 Å². The number of rotatable bonds is 4. The summed E-state index contributed by atoms with van der Waals surface area (Å²) in [6, 6.07) is 0. The molecule has 0 aromatic carbocycles. The van der Waals surface area contributed by atoms with E-state index >= 15 is 0 Å². The van der Waals surface area contributed by atoms with Crippen LogP contribution in [0.5, 0.6) is 0 Å². The first-order chi connectivity index (χ1) is 8.84. The quantitative estimate of drug-likeness (QED) is 0.782. The summed E-state index contributed by atoms with van der Waals surface area (Å²) in [5, 5.41) is 0. The van der Waals surface area contributed by atoms with Crippen LogP contribution in [0, 0.1) is 17.3 Å². The third kappa shape index (κ3) is 3.03. The molecule has 2 rings (SSSR count). The number of ketones is 1. The number of carbonyl (C=O) groups excluding carboxylic acids is 1. The fourth-order valence-corrected chi connectivity index (χ4v) is 3.70. The van der Waals surface area contributed by atoms with Crippen LogP contribution < -0.4 is 0 Å². The Morgan fingerprint density at radius 1 is 1.26 bits per heavy atom. The van der Waals surface area contributed by atoms with E-state index in [1.54, 1.807) is 6.92 Å². The van der Waals surface area contributed by atoms with Crippen LogP contribution in [0.3, 0.4) is 0 Å². The van der Waals surface area contributed by atoms with E-state index in [-0.39, 0.29) is 23.7 Å². The fourth-order valence-electron chi connectivity index (χ4n) is 3.70. The highest BCUT2D eigenvalue weighted by molar-refractivity contribution is 5.80. The monoisotopic (exact) mass is 268 g/mol. The van der Waals surface area contributed by atoms with Gasteiger partial charge in [-0.15, -0.1) is 0 Å². The Kier molecular flexibility index (Phi) is 4.36. The lowest BCUT2D eigenvalue weighted by Gasteiger charge is -2.52. The molecule has 0 aromatic rings. The summed E-state index contributed by atoms with van der Waals surface area (Å²) in [6.45, 7) is 10.4. The predicted octanol–water partition coefficient (Wildman–Crippen LogP) is 3.56. The van der Waals surface area contributed by atoms with Crippen molar-refractivity contribution in [2.24, 2.45) is 17.3 Å². The minimum Gasteiger partial charge on any atom is -0.350 e. The summed E-state index contributed by atoms with van der Waals surface area (Å²) in [4.78, 5) is 11.6. The molecule has 3 nitrogen and oxygen atoms in total. The zero-order valence-electron chi connectivity index (χ0n) is 12.9. The zero-order valence-corrected chi connectivity index (χ0v) is 12.9. The Bertz CT molecular complexity index is 337. The van der Waals surface area contributed by atoms with Gasteiger partial charge in [-0.2, -0.15) is 0 Å². The number of carbonyl (C=O) groups is 1. The molecule has 1 aliphatic heterocycles. The molecule has 2 aliphatic rings. The lowest BCUT2D eigenvalue weighted by atomic mass is 9.52. The van der Waals surface area contributed by atoms with Crippen LogP contribution in [0.15, 0.2) is 0 Å². The summed E-state index contributed by atoms with van der Waals surface area (Å²) in [6.07, 6.45) is 4.52. The van der Waals surface area contributed by atoms with E-state index < -0.39 is 0 Å². The molecular weight excluding hydrogens is 240 g/mol. The average Bonchev–Trinajstić information content (AvgIpc) is 2.32. The van der Waals surface area contributed by atoms with Gasteiger partial charge in [-0.25, -0.2) is 0 Å². The predicted molar refractivity (Wildman–Crippen MR) is 74.8 cm³/mol. The molecule has 5 unspecified atom stereocenters. The van der Waals surface area contributed by atoms with E-state index in [9.17, 15) is 4.79 Å². The second-order valence-electron chi connectivity index (χ2n) is 6.93. The largest absolute Gasteiger partial charge is 0.350 e. The average molecular weight is 268 g/mol. The third-order valence-corrected chi connectivity index (χ3v) is 5.22. The maximum Gasteiger partial charge on any atom is 0.158 e. The summed E-state index contributed by atoms with van der Waals surface area (Å²) in [5.41, 5.74) is 0.0982. The molecule has 5 atom stereocenters. The molecule has 1 aliphatic carbocycles. The van der Waals surface area contributed by atoms with Crippen molar-refractivity contribution < 1.29 is 14.3 Å². The number of hydrogen-bond donors (Lipinski definition) is 0. The van der Waals surface area contributed by atoms with Crippen LogP contribution in [0.4, 0.5) is 0 Å². The molecule has 0 radical (unpaired) electrons. The van der Waals surface area contributed by atoms with Crippen molar-refractivity contribution in [1.82, 2.24) is 0 Å². The van der Waals surface area contributed by atoms with E-state index in [0.717, 1.165) is 25.7 Å². The van der Waals surface area contributed by atoms with E-state index in [2.05, 4.69) is 27.7 Å². The van der Waals surface area contributed by atoms with Crippen molar-refractivity contribution in [3.8, 4) is 0 Å². The number of Topliss-reactive ketones (excluding diaryl/α,β-unsaturated/α-hetero) is 1. The van der Waals surface area contributed by atoms with Crippen LogP contribution in [0.25, 0.3) is 0 Å². The van der Waals surface area contributed by atoms with Crippen LogP contribution in [0.2, 0.25) is 0 Å². The lowest BCUT2D eigenvalue weighted by Crippen LogP contribution is -2.50. The molecule has 110 valence electrons. The first-order valence-electron chi connectivity index (χ1n) is 7.66. The van der Waals surface area contributed by atoms with Crippen molar-refractivity contribution in [3.63, 3.8) is 0 Å². The molecule has 1 saturated heterocycles. The van der Waals surface area contributed by atoms with Gasteiger partial charge in [-0.1, -0.05) is 20.8 Å². The number of ether oxygens (including phenoxy) is 2. The zero-order chi connectivity index (χ0) is 14.2. The smallest absolute Gasteiger partial charge is 0.158 e. The Hall–Kier alpha value is -0.410. The Labute approximate surface area is 117 Å². The van der Waals surface area contributed by atoms with Gasteiger partial charge in [0.2, 0.25) is 0 Å². The van der Waals surface area contributed by atoms with Crippen molar-refractivity contribution in [1.29, 1.82) is 0 Å². The second-order valence-corrected chi connectivity index (χ2v) is 6.93. The van der Waals surface area contributed by atoms with Gasteiger partial charge in [0.25, 0.3) is 0 Å². The Morgan fingerprint density at radius 3 is 2.47 bits per heavy atom. The van der Waals surface area contributed by atoms with Crippen molar-refractivity contribution in [2.45, 2.75) is 78.8 Å². The molecule has 1 saturated carbocycles. The number of hydrogen-bond acceptors (Lipinski definition) is 3. The standard InChI is InChI=1S/C16H28O3/c1-6-13-7-10(2)18-15(19-13)9-12-8-14(11(3)17)16(12,4)5/h10,12-15H,6-9H2,1-5H3. The Balaban J connectivity index is 1.90. The van der Waals surface area contributed by atoms with Gasteiger partial charge in [-0.3, -0.25) is 4.79 Å². The van der Waals surface area contributed by atoms with Gasteiger partial charge in [0.05, 0.1) is 12.2 Å². The summed E-state index contributed by atoms with van der Waals surface area (Å²) in [5.74, 6) is 1.08. The molecular formula is C16H28O3. The van der Waals surface area contributed by atoms with Crippen molar-refractivity contribution in [2.75, 3.05) is 0 Å². The highest BCUT2D eigenvalue weighted by Gasteiger charge is 2.51. The van der Waals surface area contributed by atoms with E-state index in [1.807, 2.05) is 0 Å². The first kappa shape index (κ1) is 15.0. The maximum absolute atomic E-state index is 11.6. The molecule has 2 fully saturated rings. The molecule has 3 heteroatoms. The maximum atomic E-state index is 11.6. The molecule has 19 heavy (non-hydrogen) atoms. The fraction of sp³-hybridized carbons (Fsp3) is 0.938. The lowest BCUT2D eigenvalue weighted by molar-refractivity contribution is -0.254. The minimum atomic E-state index is -0.0779. The Morgan fingerprint density at radius 2 is 1.95 bits per heavy atom. The van der Waals surface area contributed by atoms with Crippen LogP contribution in [0.1, 0.15) is 60.3 Å². The third-order valence-electron chi connectivity index (χ3n) is 5.22. The van der Waals surface area contributed by atoms with Crippen molar-refractivity contribution >= 4 is 5.78 Å². The van der Waals surface area contributed by atoms with E-state index in [1.165, 1.54) is 0 Å². The molecule has 0 amide bonds. The molecule has 0 aromatic heterocycles. The van der Waals surface area contributed by atoms with E-state index in [4.69, 9.17) is 9.47 Å². The van der Waals surface area contributed by atoms with E-state index in [0.29, 0.717) is 17.8 Å². The van der Waals surface area contributed by atoms with Gasteiger partial charge in [0.15, 0.2) is 6.29 Å². The normalized spacial score (nSPS) is 41.6. The minimum absolute atomic E-state index is 0.0779. The van der Waals surface area contributed by atoms with Crippen LogP contribution in [-0.4, -0.2) is 24.3 Å². The molecule has 0 spiro atoms. The van der Waals surface area contributed by atoms with Crippen molar-refractivity contribution in [3.05, 3.63) is 0 Å². The SMILES string of the molecule is CCC1CC(C)OC(CC2CC(C(C)=O)C2(C)C)O1. The van der Waals surface area contributed by atoms with Gasteiger partial charge in [-0.05, 0) is 44.4 Å². The van der Waals surface area contributed by atoms with Gasteiger partial charge in [0, 0.05) is 12.3 Å².